The molecule has 0 spiro atoms. The number of phenolic OH excluding ortho intramolecular Hbond substituents is 1. The zero-order valence-corrected chi connectivity index (χ0v) is 19.0. The molecule has 0 saturated carbocycles. The highest BCUT2D eigenvalue weighted by molar-refractivity contribution is 9.11. The van der Waals surface area contributed by atoms with Crippen molar-refractivity contribution in [1.29, 1.82) is 0 Å². The molecule has 0 bridgehead atoms. The lowest BCUT2D eigenvalue weighted by Gasteiger charge is -2.44. The predicted molar refractivity (Wildman–Crippen MR) is 115 cm³/mol. The van der Waals surface area contributed by atoms with Crippen LogP contribution in [-0.2, 0) is 9.59 Å². The van der Waals surface area contributed by atoms with Gasteiger partial charge in [0.1, 0.15) is 5.75 Å². The Morgan fingerprint density at radius 1 is 0.964 bits per heavy atom. The zero-order valence-electron chi connectivity index (χ0n) is 15.9. The Kier molecular flexibility index (Phi) is 5.53. The number of aromatic hydroxyl groups is 1. The van der Waals surface area contributed by atoms with Crippen LogP contribution in [0.3, 0.4) is 0 Å². The van der Waals surface area contributed by atoms with Gasteiger partial charge >= 0.3 is 0 Å². The molecule has 0 unspecified atom stereocenters. The third-order valence-corrected chi connectivity index (χ3v) is 7.12. The highest BCUT2D eigenvalue weighted by atomic mass is 79.9. The van der Waals surface area contributed by atoms with Gasteiger partial charge in [-0.1, -0.05) is 6.92 Å². The third kappa shape index (κ3) is 3.18. The standard InChI is InChI=1S/C22H23Br2NO3/c1-2-9-25-15-5-3-7-17(26)20(15)19(21-16(25)6-4-8-18(21)27)12-10-13(23)22(28)14(24)11-12/h10-11,19,28H,2-9H2,1H3. The van der Waals surface area contributed by atoms with Crippen LogP contribution in [0.25, 0.3) is 0 Å². The number of carbonyl (C=O) groups is 2. The monoisotopic (exact) mass is 507 g/mol. The maximum Gasteiger partial charge on any atom is 0.161 e. The van der Waals surface area contributed by atoms with Gasteiger partial charge < -0.3 is 10.0 Å². The summed E-state index contributed by atoms with van der Waals surface area (Å²) in [5, 5.41) is 10.2. The first-order valence-electron chi connectivity index (χ1n) is 9.92. The van der Waals surface area contributed by atoms with E-state index in [-0.39, 0.29) is 23.2 Å². The van der Waals surface area contributed by atoms with E-state index in [1.165, 1.54) is 0 Å². The number of Topliss-reactive ketones (excluding diaryl/α,β-unsaturated/α-hetero) is 2. The Labute approximate surface area is 181 Å². The number of carbonyl (C=O) groups excluding carboxylic acids is 2. The van der Waals surface area contributed by atoms with E-state index >= 15 is 0 Å². The summed E-state index contributed by atoms with van der Waals surface area (Å²) in [5.41, 5.74) is 4.67. The molecule has 6 heteroatoms. The van der Waals surface area contributed by atoms with Crippen LogP contribution in [0.5, 0.6) is 5.75 Å². The first kappa shape index (κ1) is 19.9. The minimum Gasteiger partial charge on any atom is -0.506 e. The van der Waals surface area contributed by atoms with Crippen molar-refractivity contribution in [3.63, 3.8) is 0 Å². The Morgan fingerprint density at radius 3 is 1.93 bits per heavy atom. The second-order valence-corrected chi connectivity index (χ2v) is 9.40. The fraction of sp³-hybridized carbons (Fsp3) is 0.455. The normalized spacial score (nSPS) is 20.6. The smallest absolute Gasteiger partial charge is 0.161 e. The molecule has 1 N–H and O–H groups in total. The van der Waals surface area contributed by atoms with Gasteiger partial charge in [-0.25, -0.2) is 0 Å². The molecule has 0 atom stereocenters. The first-order chi connectivity index (χ1) is 13.4. The third-order valence-electron chi connectivity index (χ3n) is 5.91. The SMILES string of the molecule is CCCN1C2=C(C(=O)CCC2)C(c2cc(Br)c(O)c(Br)c2)C2=C1CCCC2=O. The molecular formula is C22H23Br2NO3. The molecule has 0 saturated heterocycles. The Hall–Kier alpha value is -1.40. The summed E-state index contributed by atoms with van der Waals surface area (Å²) in [7, 11) is 0. The molecule has 1 aromatic rings. The van der Waals surface area contributed by atoms with Gasteiger partial charge in [0.15, 0.2) is 11.6 Å². The average Bonchev–Trinajstić information content (AvgIpc) is 2.67. The molecule has 0 radical (unpaired) electrons. The highest BCUT2D eigenvalue weighted by Crippen LogP contribution is 2.50. The topological polar surface area (TPSA) is 57.6 Å². The van der Waals surface area contributed by atoms with Crippen LogP contribution in [0.2, 0.25) is 0 Å². The summed E-state index contributed by atoms with van der Waals surface area (Å²) in [6, 6.07) is 3.69. The fourth-order valence-corrected chi connectivity index (χ4v) is 6.02. The lowest BCUT2D eigenvalue weighted by molar-refractivity contribution is -0.117. The van der Waals surface area contributed by atoms with E-state index in [1.54, 1.807) is 0 Å². The van der Waals surface area contributed by atoms with Crippen LogP contribution in [-0.4, -0.2) is 28.1 Å². The lowest BCUT2D eigenvalue weighted by atomic mass is 9.71. The number of hydrogen-bond donors (Lipinski definition) is 1. The van der Waals surface area contributed by atoms with Crippen molar-refractivity contribution >= 4 is 43.4 Å². The summed E-state index contributed by atoms with van der Waals surface area (Å²) in [5.74, 6) is 0.0858. The highest BCUT2D eigenvalue weighted by Gasteiger charge is 2.43. The van der Waals surface area contributed by atoms with Gasteiger partial charge in [0, 0.05) is 47.8 Å². The summed E-state index contributed by atoms with van der Waals surface area (Å²) in [6.45, 7) is 2.98. The maximum absolute atomic E-state index is 13.1. The Bertz CT molecular complexity index is 865. The van der Waals surface area contributed by atoms with E-state index in [0.717, 1.165) is 66.8 Å². The Morgan fingerprint density at radius 2 is 1.46 bits per heavy atom. The minimum atomic E-state index is -0.341. The summed E-state index contributed by atoms with van der Waals surface area (Å²) in [4.78, 5) is 28.5. The molecule has 0 amide bonds. The maximum atomic E-state index is 13.1. The number of phenols is 1. The van der Waals surface area contributed by atoms with Crippen LogP contribution in [0.4, 0.5) is 0 Å². The minimum absolute atomic E-state index is 0.125. The van der Waals surface area contributed by atoms with E-state index in [2.05, 4.69) is 43.7 Å². The van der Waals surface area contributed by atoms with E-state index in [1.807, 2.05) is 12.1 Å². The quantitative estimate of drug-likeness (QED) is 0.565. The van der Waals surface area contributed by atoms with Crippen molar-refractivity contribution in [2.75, 3.05) is 6.54 Å². The molecule has 148 valence electrons. The molecular weight excluding hydrogens is 486 g/mol. The number of ketones is 2. The van der Waals surface area contributed by atoms with E-state index in [0.29, 0.717) is 21.8 Å². The van der Waals surface area contributed by atoms with Crippen molar-refractivity contribution in [1.82, 2.24) is 4.90 Å². The van der Waals surface area contributed by atoms with Crippen molar-refractivity contribution < 1.29 is 14.7 Å². The molecule has 1 aliphatic heterocycles. The molecule has 1 aromatic carbocycles. The van der Waals surface area contributed by atoms with Crippen molar-refractivity contribution in [2.24, 2.45) is 0 Å². The van der Waals surface area contributed by atoms with Crippen molar-refractivity contribution in [3.05, 3.63) is 49.2 Å². The van der Waals surface area contributed by atoms with Crippen LogP contribution in [0, 0.1) is 0 Å². The molecule has 2 aliphatic carbocycles. The van der Waals surface area contributed by atoms with E-state index in [9.17, 15) is 14.7 Å². The van der Waals surface area contributed by atoms with Crippen LogP contribution in [0.1, 0.15) is 63.4 Å². The van der Waals surface area contributed by atoms with Gasteiger partial charge in [-0.05, 0) is 81.7 Å². The Balaban J connectivity index is 1.98. The largest absolute Gasteiger partial charge is 0.506 e. The number of rotatable bonds is 3. The summed E-state index contributed by atoms with van der Waals surface area (Å²) >= 11 is 6.83. The molecule has 4 rings (SSSR count). The predicted octanol–water partition coefficient (Wildman–Crippen LogP) is 5.74. The van der Waals surface area contributed by atoms with Gasteiger partial charge in [-0.15, -0.1) is 0 Å². The average molecular weight is 509 g/mol. The van der Waals surface area contributed by atoms with Gasteiger partial charge in [-0.2, -0.15) is 0 Å². The fourth-order valence-electron chi connectivity index (χ4n) is 4.80. The summed E-state index contributed by atoms with van der Waals surface area (Å²) in [6.07, 6.45) is 5.52. The van der Waals surface area contributed by atoms with Crippen LogP contribution < -0.4 is 0 Å². The number of benzene rings is 1. The van der Waals surface area contributed by atoms with Crippen molar-refractivity contribution in [2.45, 2.75) is 57.8 Å². The van der Waals surface area contributed by atoms with Gasteiger partial charge in [0.25, 0.3) is 0 Å². The lowest BCUT2D eigenvalue weighted by Crippen LogP contribution is -2.39. The van der Waals surface area contributed by atoms with Gasteiger partial charge in [0.2, 0.25) is 0 Å². The molecule has 0 fully saturated rings. The molecule has 3 aliphatic rings. The number of hydrogen-bond acceptors (Lipinski definition) is 4. The molecule has 1 heterocycles. The van der Waals surface area contributed by atoms with Crippen LogP contribution in [0.15, 0.2) is 43.6 Å². The second-order valence-electron chi connectivity index (χ2n) is 7.69. The molecule has 0 aromatic heterocycles. The molecule has 28 heavy (non-hydrogen) atoms. The number of nitrogens with zero attached hydrogens (tertiary/aromatic N) is 1. The van der Waals surface area contributed by atoms with Gasteiger partial charge in [0.05, 0.1) is 8.95 Å². The number of halogens is 2. The van der Waals surface area contributed by atoms with E-state index in [4.69, 9.17) is 0 Å². The number of allylic oxidation sites excluding steroid dienone is 4. The van der Waals surface area contributed by atoms with Gasteiger partial charge in [-0.3, -0.25) is 9.59 Å². The second kappa shape index (κ2) is 7.79. The first-order valence-corrected chi connectivity index (χ1v) is 11.5. The van der Waals surface area contributed by atoms with E-state index < -0.39 is 0 Å². The van der Waals surface area contributed by atoms with Crippen LogP contribution >= 0.6 is 31.9 Å². The van der Waals surface area contributed by atoms with Crippen molar-refractivity contribution in [3.8, 4) is 5.75 Å². The zero-order chi connectivity index (χ0) is 20.0. The summed E-state index contributed by atoms with van der Waals surface area (Å²) < 4.78 is 1.12. The molecule has 4 nitrogen and oxygen atoms in total.